The van der Waals surface area contributed by atoms with Gasteiger partial charge in [0.15, 0.2) is 0 Å². The van der Waals surface area contributed by atoms with Crippen LogP contribution in [-0.2, 0) is 10.2 Å². The van der Waals surface area contributed by atoms with Gasteiger partial charge in [0, 0.05) is 32.3 Å². The molecule has 0 aliphatic carbocycles. The van der Waals surface area contributed by atoms with E-state index in [1.807, 2.05) is 0 Å². The standard InChI is InChI=1S/C9H11N3O4S/c1-10-6-7-11(17(10,15)16)8-2-4-9(5-3-8)12(13)14/h2-5H,6-7H2,1H3. The molecule has 0 radical (unpaired) electrons. The van der Waals surface area contributed by atoms with Crippen LogP contribution in [0.5, 0.6) is 0 Å². The summed E-state index contributed by atoms with van der Waals surface area (Å²) in [7, 11) is -1.95. The Balaban J connectivity index is 2.33. The molecule has 17 heavy (non-hydrogen) atoms. The average molecular weight is 257 g/mol. The first kappa shape index (κ1) is 11.8. The van der Waals surface area contributed by atoms with E-state index in [1.54, 1.807) is 0 Å². The van der Waals surface area contributed by atoms with E-state index in [4.69, 9.17) is 0 Å². The van der Waals surface area contributed by atoms with Crippen molar-refractivity contribution in [3.8, 4) is 0 Å². The smallest absolute Gasteiger partial charge is 0.258 e. The van der Waals surface area contributed by atoms with Crippen LogP contribution in [-0.4, -0.2) is 37.8 Å². The van der Waals surface area contributed by atoms with E-state index in [-0.39, 0.29) is 5.69 Å². The van der Waals surface area contributed by atoms with Crippen LogP contribution in [0.4, 0.5) is 11.4 Å². The lowest BCUT2D eigenvalue weighted by Crippen LogP contribution is -2.30. The highest BCUT2D eigenvalue weighted by Gasteiger charge is 2.33. The molecule has 0 aromatic heterocycles. The minimum absolute atomic E-state index is 0.0568. The van der Waals surface area contributed by atoms with Gasteiger partial charge in [-0.25, -0.2) is 0 Å². The van der Waals surface area contributed by atoms with Gasteiger partial charge < -0.3 is 0 Å². The predicted molar refractivity (Wildman–Crippen MR) is 62.0 cm³/mol. The van der Waals surface area contributed by atoms with E-state index >= 15 is 0 Å². The zero-order valence-corrected chi connectivity index (χ0v) is 9.92. The fraction of sp³-hybridized carbons (Fsp3) is 0.333. The fourth-order valence-corrected chi connectivity index (χ4v) is 2.98. The molecular weight excluding hydrogens is 246 g/mol. The third-order valence-electron chi connectivity index (χ3n) is 2.64. The van der Waals surface area contributed by atoms with Crippen LogP contribution >= 0.6 is 0 Å². The van der Waals surface area contributed by atoms with Crippen molar-refractivity contribution in [2.45, 2.75) is 0 Å². The Kier molecular flexibility index (Phi) is 2.76. The maximum Gasteiger partial charge on any atom is 0.303 e. The number of rotatable bonds is 2. The molecule has 0 N–H and O–H groups in total. The molecule has 0 amide bonds. The Bertz CT molecular complexity index is 540. The summed E-state index contributed by atoms with van der Waals surface area (Å²) in [5.74, 6) is 0. The average Bonchev–Trinajstić information content (AvgIpc) is 2.54. The Labute approximate surface area is 98.6 Å². The molecule has 0 bridgehead atoms. The van der Waals surface area contributed by atoms with Gasteiger partial charge in [0.1, 0.15) is 0 Å². The second-order valence-electron chi connectivity index (χ2n) is 3.67. The first-order valence-corrected chi connectivity index (χ1v) is 6.31. The molecule has 1 aromatic rings. The van der Waals surface area contributed by atoms with Crippen LogP contribution < -0.4 is 4.31 Å². The van der Waals surface area contributed by atoms with E-state index in [2.05, 4.69) is 0 Å². The molecule has 1 aromatic carbocycles. The summed E-state index contributed by atoms with van der Waals surface area (Å²) in [5, 5.41) is 10.5. The number of nitro groups is 1. The maximum atomic E-state index is 11.8. The van der Waals surface area contributed by atoms with E-state index in [9.17, 15) is 18.5 Å². The number of likely N-dealkylation sites (N-methyl/N-ethyl adjacent to an activating group) is 1. The second-order valence-corrected chi connectivity index (χ2v) is 5.63. The highest BCUT2D eigenvalue weighted by molar-refractivity contribution is 7.90. The van der Waals surface area contributed by atoms with Gasteiger partial charge in [-0.1, -0.05) is 0 Å². The maximum absolute atomic E-state index is 11.8. The van der Waals surface area contributed by atoms with Crippen molar-refractivity contribution in [1.29, 1.82) is 0 Å². The number of benzene rings is 1. The predicted octanol–water partition coefficient (Wildman–Crippen LogP) is 0.591. The topological polar surface area (TPSA) is 83.8 Å². The van der Waals surface area contributed by atoms with Crippen molar-refractivity contribution in [2.75, 3.05) is 24.4 Å². The largest absolute Gasteiger partial charge is 0.303 e. The fourth-order valence-electron chi connectivity index (χ4n) is 1.63. The van der Waals surface area contributed by atoms with Crippen molar-refractivity contribution in [3.63, 3.8) is 0 Å². The quantitative estimate of drug-likeness (QED) is 0.573. The van der Waals surface area contributed by atoms with Gasteiger partial charge in [-0.3, -0.25) is 14.4 Å². The molecular formula is C9H11N3O4S. The number of non-ortho nitro benzene ring substituents is 1. The zero-order valence-electron chi connectivity index (χ0n) is 9.11. The summed E-state index contributed by atoms with van der Waals surface area (Å²) in [4.78, 5) is 9.96. The highest BCUT2D eigenvalue weighted by atomic mass is 32.2. The lowest BCUT2D eigenvalue weighted by molar-refractivity contribution is -0.384. The van der Waals surface area contributed by atoms with E-state index in [0.717, 1.165) is 0 Å². The number of hydrogen-bond donors (Lipinski definition) is 0. The monoisotopic (exact) mass is 257 g/mol. The first-order valence-electron chi connectivity index (χ1n) is 4.91. The van der Waals surface area contributed by atoms with Crippen molar-refractivity contribution in [2.24, 2.45) is 0 Å². The SMILES string of the molecule is CN1CCN(c2ccc([N+](=O)[O-])cc2)S1(=O)=O. The molecule has 1 aliphatic heterocycles. The highest BCUT2D eigenvalue weighted by Crippen LogP contribution is 2.25. The van der Waals surface area contributed by atoms with Gasteiger partial charge in [0.2, 0.25) is 0 Å². The number of anilines is 1. The molecule has 0 saturated carbocycles. The molecule has 2 rings (SSSR count). The summed E-state index contributed by atoms with van der Waals surface area (Å²) < 4.78 is 26.1. The van der Waals surface area contributed by atoms with Crippen molar-refractivity contribution < 1.29 is 13.3 Å². The van der Waals surface area contributed by atoms with Crippen molar-refractivity contribution in [3.05, 3.63) is 34.4 Å². The minimum Gasteiger partial charge on any atom is -0.258 e. The van der Waals surface area contributed by atoms with Crippen molar-refractivity contribution >= 4 is 21.6 Å². The van der Waals surface area contributed by atoms with Crippen LogP contribution in [0.2, 0.25) is 0 Å². The van der Waals surface area contributed by atoms with Crippen LogP contribution in [0, 0.1) is 10.1 Å². The Hall–Kier alpha value is -1.67. The minimum atomic E-state index is -3.46. The van der Waals surface area contributed by atoms with Crippen LogP contribution in [0.1, 0.15) is 0 Å². The van der Waals surface area contributed by atoms with E-state index in [0.29, 0.717) is 18.8 Å². The third kappa shape index (κ3) is 1.96. The summed E-state index contributed by atoms with van der Waals surface area (Å²) in [6, 6.07) is 5.47. The van der Waals surface area contributed by atoms with Crippen LogP contribution in [0.15, 0.2) is 24.3 Å². The molecule has 1 aliphatic rings. The van der Waals surface area contributed by atoms with Crippen LogP contribution in [0.3, 0.4) is 0 Å². The lowest BCUT2D eigenvalue weighted by atomic mass is 10.3. The summed E-state index contributed by atoms with van der Waals surface area (Å²) in [5.41, 5.74) is 0.388. The molecule has 1 heterocycles. The molecule has 7 nitrogen and oxygen atoms in total. The molecule has 1 fully saturated rings. The van der Waals surface area contributed by atoms with E-state index < -0.39 is 15.1 Å². The van der Waals surface area contributed by atoms with Gasteiger partial charge in [-0.15, -0.1) is 0 Å². The van der Waals surface area contributed by atoms with Crippen LogP contribution in [0.25, 0.3) is 0 Å². The van der Waals surface area contributed by atoms with Crippen molar-refractivity contribution in [1.82, 2.24) is 4.31 Å². The summed E-state index contributed by atoms with van der Waals surface area (Å²) in [6.45, 7) is 0.774. The first-order chi connectivity index (χ1) is 7.93. The Morgan fingerprint density at radius 1 is 1.24 bits per heavy atom. The van der Waals surface area contributed by atoms with E-state index in [1.165, 1.54) is 39.9 Å². The molecule has 0 unspecified atom stereocenters. The lowest BCUT2D eigenvalue weighted by Gasteiger charge is -2.17. The van der Waals surface area contributed by atoms with Gasteiger partial charge in [-0.05, 0) is 12.1 Å². The Morgan fingerprint density at radius 2 is 1.82 bits per heavy atom. The van der Waals surface area contributed by atoms with Gasteiger partial charge in [0.25, 0.3) is 5.69 Å². The molecule has 1 saturated heterocycles. The number of hydrogen-bond acceptors (Lipinski definition) is 4. The van der Waals surface area contributed by atoms with Gasteiger partial charge in [-0.2, -0.15) is 12.7 Å². The molecule has 92 valence electrons. The summed E-state index contributed by atoms with van der Waals surface area (Å²) in [6.07, 6.45) is 0. The number of nitro benzene ring substituents is 1. The zero-order chi connectivity index (χ0) is 12.6. The molecule has 8 heteroatoms. The summed E-state index contributed by atoms with van der Waals surface area (Å²) >= 11 is 0. The molecule has 0 atom stereocenters. The third-order valence-corrected chi connectivity index (χ3v) is 4.56. The van der Waals surface area contributed by atoms with Gasteiger partial charge >= 0.3 is 10.2 Å². The normalized spacial score (nSPS) is 19.5. The molecule has 0 spiro atoms. The van der Waals surface area contributed by atoms with Gasteiger partial charge in [0.05, 0.1) is 10.6 Å². The number of nitrogens with zero attached hydrogens (tertiary/aromatic N) is 3. The Morgan fingerprint density at radius 3 is 2.24 bits per heavy atom. The second kappa shape index (κ2) is 3.97.